The molecule has 1 amide bonds. The number of aliphatic hydroxyl groups excluding tert-OH is 1. The van der Waals surface area contributed by atoms with Crippen LogP contribution in [0, 0.1) is 0 Å². The second-order valence-corrected chi connectivity index (χ2v) is 10.4. The van der Waals surface area contributed by atoms with Crippen LogP contribution in [-0.4, -0.2) is 42.2 Å². The van der Waals surface area contributed by atoms with Gasteiger partial charge in [0.05, 0.1) is 6.61 Å². The van der Waals surface area contributed by atoms with Crippen LogP contribution >= 0.6 is 27.5 Å². The second kappa shape index (κ2) is 13.8. The summed E-state index contributed by atoms with van der Waals surface area (Å²) in [5.74, 6) is 0.718. The van der Waals surface area contributed by atoms with Crippen LogP contribution < -0.4 is 15.6 Å². The molecule has 9 heteroatoms. The minimum Gasteiger partial charge on any atom is -0.494 e. The molecular formula is C30H31BrClN3O4. The number of amides is 1. The van der Waals surface area contributed by atoms with E-state index in [1.165, 1.54) is 0 Å². The van der Waals surface area contributed by atoms with Crippen molar-refractivity contribution >= 4 is 39.3 Å². The van der Waals surface area contributed by atoms with Gasteiger partial charge in [0.15, 0.2) is 11.6 Å². The molecule has 4 rings (SSSR count). The minimum atomic E-state index is -1.27. The Bertz CT molecular complexity index is 1300. The van der Waals surface area contributed by atoms with Crippen LogP contribution in [-0.2, 0) is 16.0 Å². The Morgan fingerprint density at radius 3 is 2.64 bits per heavy atom. The number of carbonyl (C=O) groups excluding carboxylic acids is 1. The van der Waals surface area contributed by atoms with Gasteiger partial charge in [0.1, 0.15) is 5.75 Å². The fourth-order valence-corrected chi connectivity index (χ4v) is 4.80. The van der Waals surface area contributed by atoms with E-state index in [4.69, 9.17) is 31.2 Å². The Balaban J connectivity index is 1.56. The maximum Gasteiger partial charge on any atom is 0.266 e. The van der Waals surface area contributed by atoms with Gasteiger partial charge in [-0.2, -0.15) is 0 Å². The molecule has 204 valence electrons. The minimum absolute atomic E-state index is 0.0725. The van der Waals surface area contributed by atoms with Crippen LogP contribution in [0.15, 0.2) is 94.9 Å². The predicted molar refractivity (Wildman–Crippen MR) is 157 cm³/mol. The van der Waals surface area contributed by atoms with E-state index in [0.717, 1.165) is 21.2 Å². The number of benzene rings is 3. The molecule has 0 saturated heterocycles. The summed E-state index contributed by atoms with van der Waals surface area (Å²) in [5, 5.41) is 9.64. The number of aliphatic imine (C=N–C) groups is 1. The third kappa shape index (κ3) is 7.28. The van der Waals surface area contributed by atoms with Crippen molar-refractivity contribution in [2.75, 3.05) is 19.8 Å². The first-order chi connectivity index (χ1) is 18.9. The molecule has 0 fully saturated rings. The summed E-state index contributed by atoms with van der Waals surface area (Å²) in [5.41, 5.74) is 7.21. The molecule has 0 spiro atoms. The van der Waals surface area contributed by atoms with Gasteiger partial charge in [-0.15, -0.1) is 6.58 Å². The lowest BCUT2D eigenvalue weighted by molar-refractivity contribution is -0.129. The van der Waals surface area contributed by atoms with E-state index in [1.54, 1.807) is 6.08 Å². The van der Waals surface area contributed by atoms with Crippen molar-refractivity contribution in [3.63, 3.8) is 0 Å². The van der Waals surface area contributed by atoms with Crippen molar-refractivity contribution in [1.82, 2.24) is 10.9 Å². The third-order valence-corrected chi connectivity index (χ3v) is 7.05. The molecule has 1 aliphatic rings. The Morgan fingerprint density at radius 2 is 1.95 bits per heavy atom. The highest BCUT2D eigenvalue weighted by atomic mass is 79.9. The van der Waals surface area contributed by atoms with Gasteiger partial charge >= 0.3 is 0 Å². The fraction of sp³-hybridized carbons (Fsp3) is 0.267. The number of hydrogen-bond acceptors (Lipinski definition) is 6. The molecule has 2 atom stereocenters. The SMILES string of the molecule is C=CC[C@]1(C(=O)NNCCc2cccc(Cl)c2)N=C(c2ccc(OCCCO)cc2)O[C@H]1c1ccc(Br)cc1. The summed E-state index contributed by atoms with van der Waals surface area (Å²) in [6, 6.07) is 22.6. The average molecular weight is 613 g/mol. The molecule has 0 bridgehead atoms. The summed E-state index contributed by atoms with van der Waals surface area (Å²) in [6.45, 7) is 4.91. The van der Waals surface area contributed by atoms with E-state index < -0.39 is 11.6 Å². The Kier molecular flexibility index (Phi) is 10.2. The topological polar surface area (TPSA) is 92.2 Å². The lowest BCUT2D eigenvalue weighted by Crippen LogP contribution is -2.52. The molecule has 1 aliphatic heterocycles. The van der Waals surface area contributed by atoms with E-state index in [9.17, 15) is 4.79 Å². The van der Waals surface area contributed by atoms with Gasteiger partial charge in [-0.05, 0) is 66.1 Å². The number of hydrazine groups is 1. The van der Waals surface area contributed by atoms with Gasteiger partial charge in [-0.3, -0.25) is 10.2 Å². The largest absolute Gasteiger partial charge is 0.494 e. The molecule has 3 aromatic carbocycles. The van der Waals surface area contributed by atoms with Gasteiger partial charge < -0.3 is 14.6 Å². The maximum absolute atomic E-state index is 13.8. The molecule has 3 N–H and O–H groups in total. The third-order valence-electron chi connectivity index (χ3n) is 6.29. The zero-order valence-corrected chi connectivity index (χ0v) is 23.7. The van der Waals surface area contributed by atoms with Gasteiger partial charge in [-0.25, -0.2) is 10.4 Å². The number of carbonyl (C=O) groups is 1. The lowest BCUT2D eigenvalue weighted by Gasteiger charge is -2.29. The number of aliphatic hydroxyl groups is 1. The Hall–Kier alpha value is -3.17. The fourth-order valence-electron chi connectivity index (χ4n) is 4.32. The van der Waals surface area contributed by atoms with Crippen LogP contribution in [0.4, 0.5) is 0 Å². The predicted octanol–water partition coefficient (Wildman–Crippen LogP) is 5.56. The van der Waals surface area contributed by atoms with Gasteiger partial charge in [0.2, 0.25) is 5.90 Å². The first-order valence-electron chi connectivity index (χ1n) is 12.7. The van der Waals surface area contributed by atoms with E-state index in [1.807, 2.05) is 72.8 Å². The second-order valence-electron chi connectivity index (χ2n) is 9.09. The van der Waals surface area contributed by atoms with Crippen molar-refractivity contribution in [3.05, 3.63) is 112 Å². The quantitative estimate of drug-likeness (QED) is 0.134. The molecule has 0 aliphatic carbocycles. The van der Waals surface area contributed by atoms with Crippen molar-refractivity contribution in [2.24, 2.45) is 4.99 Å². The Morgan fingerprint density at radius 1 is 1.18 bits per heavy atom. The molecule has 3 aromatic rings. The molecule has 0 unspecified atom stereocenters. The highest BCUT2D eigenvalue weighted by molar-refractivity contribution is 9.10. The van der Waals surface area contributed by atoms with Gasteiger partial charge in [0, 0.05) is 41.1 Å². The summed E-state index contributed by atoms with van der Waals surface area (Å²) >= 11 is 9.56. The van der Waals surface area contributed by atoms with Crippen LogP contribution in [0.3, 0.4) is 0 Å². The molecule has 0 saturated carbocycles. The van der Waals surface area contributed by atoms with Gasteiger partial charge in [0.25, 0.3) is 5.91 Å². The maximum atomic E-state index is 13.8. The Labute approximate surface area is 242 Å². The van der Waals surface area contributed by atoms with Crippen LogP contribution in [0.5, 0.6) is 5.75 Å². The molecule has 1 heterocycles. The number of nitrogens with one attached hydrogen (secondary N) is 2. The number of halogens is 2. The van der Waals surface area contributed by atoms with Crippen molar-refractivity contribution in [3.8, 4) is 5.75 Å². The zero-order chi connectivity index (χ0) is 27.7. The highest BCUT2D eigenvalue weighted by Crippen LogP contribution is 2.43. The normalized spacial score (nSPS) is 18.2. The highest BCUT2D eigenvalue weighted by Gasteiger charge is 2.52. The van der Waals surface area contributed by atoms with E-state index >= 15 is 0 Å². The molecule has 7 nitrogen and oxygen atoms in total. The smallest absolute Gasteiger partial charge is 0.266 e. The first-order valence-corrected chi connectivity index (χ1v) is 13.9. The summed E-state index contributed by atoms with van der Waals surface area (Å²) in [6.07, 6.45) is 2.52. The standard InChI is InChI=1S/C30H31BrClN3O4/c1-2-16-30(29(37)35-33-17-15-21-5-3-6-25(32)20-21)27(22-7-11-24(31)12-8-22)39-28(34-30)23-9-13-26(14-10-23)38-19-4-18-36/h2-3,5-14,20,27,33,36H,1,4,15-19H2,(H,35,37)/t27-,30-/m0/s1. The van der Waals surface area contributed by atoms with Crippen molar-refractivity contribution < 1.29 is 19.4 Å². The van der Waals surface area contributed by atoms with Crippen LogP contribution in [0.25, 0.3) is 0 Å². The van der Waals surface area contributed by atoms with Gasteiger partial charge in [-0.1, -0.05) is 57.9 Å². The lowest BCUT2D eigenvalue weighted by atomic mass is 9.84. The molecule has 39 heavy (non-hydrogen) atoms. The van der Waals surface area contributed by atoms with Crippen molar-refractivity contribution in [2.45, 2.75) is 30.9 Å². The number of rotatable bonds is 13. The summed E-state index contributed by atoms with van der Waals surface area (Å²) < 4.78 is 13.0. The summed E-state index contributed by atoms with van der Waals surface area (Å²) in [4.78, 5) is 18.7. The number of ether oxygens (including phenoxy) is 2. The first kappa shape index (κ1) is 28.8. The molecule has 0 aromatic heterocycles. The van der Waals surface area contributed by atoms with Crippen LogP contribution in [0.1, 0.15) is 35.6 Å². The van der Waals surface area contributed by atoms with Crippen LogP contribution in [0.2, 0.25) is 5.02 Å². The number of nitrogens with zero attached hydrogens (tertiary/aromatic N) is 1. The zero-order valence-electron chi connectivity index (χ0n) is 21.4. The molecule has 0 radical (unpaired) electrons. The van der Waals surface area contributed by atoms with E-state index in [0.29, 0.717) is 42.7 Å². The number of hydrogen-bond donors (Lipinski definition) is 3. The monoisotopic (exact) mass is 611 g/mol. The van der Waals surface area contributed by atoms with E-state index in [2.05, 4.69) is 33.4 Å². The van der Waals surface area contributed by atoms with E-state index in [-0.39, 0.29) is 18.9 Å². The molecular weight excluding hydrogens is 582 g/mol. The summed E-state index contributed by atoms with van der Waals surface area (Å²) in [7, 11) is 0. The average Bonchev–Trinajstić information content (AvgIpc) is 3.33. The van der Waals surface area contributed by atoms with Crippen molar-refractivity contribution in [1.29, 1.82) is 0 Å².